The van der Waals surface area contributed by atoms with Crippen LogP contribution in [0.4, 0.5) is 11.4 Å². The predicted molar refractivity (Wildman–Crippen MR) is 101 cm³/mol. The van der Waals surface area contributed by atoms with Gasteiger partial charge in [-0.2, -0.15) is 0 Å². The lowest BCUT2D eigenvalue weighted by molar-refractivity contribution is 0.0946. The third-order valence-electron chi connectivity index (χ3n) is 3.80. The molecule has 0 radical (unpaired) electrons. The Hall–Kier alpha value is -3.14. The van der Waals surface area contributed by atoms with Gasteiger partial charge < -0.3 is 10.6 Å². The van der Waals surface area contributed by atoms with Crippen LogP contribution in [0.15, 0.2) is 66.9 Å². The average molecular weight is 331 g/mol. The monoisotopic (exact) mass is 331 g/mol. The second-order valence-corrected chi connectivity index (χ2v) is 6.10. The molecular weight excluding hydrogens is 310 g/mol. The highest BCUT2D eigenvalue weighted by atomic mass is 16.1. The maximum atomic E-state index is 12.3. The number of benzene rings is 2. The number of hydrogen-bond donors (Lipinski definition) is 2. The number of rotatable bonds is 5. The molecule has 2 aromatic carbocycles. The largest absolute Gasteiger partial charge is 0.355 e. The second-order valence-electron chi connectivity index (χ2n) is 6.10. The van der Waals surface area contributed by atoms with Crippen LogP contribution in [-0.2, 0) is 6.54 Å². The van der Waals surface area contributed by atoms with Gasteiger partial charge in [0.25, 0.3) is 5.91 Å². The van der Waals surface area contributed by atoms with E-state index in [4.69, 9.17) is 0 Å². The molecular formula is C21H21N3O. The van der Waals surface area contributed by atoms with E-state index >= 15 is 0 Å². The molecule has 1 aromatic heterocycles. The van der Waals surface area contributed by atoms with Crippen LogP contribution in [-0.4, -0.2) is 10.9 Å². The zero-order chi connectivity index (χ0) is 17.6. The summed E-state index contributed by atoms with van der Waals surface area (Å²) in [5.74, 6) is -0.187. The standard InChI is InChI=1S/C21H21N3O/c1-15-10-16(2)12-19(11-15)24-18-8-9-22-20(13-18)21(25)23-14-17-6-4-3-5-7-17/h3-13H,14H2,1-2H3,(H,22,24)(H,23,25). The molecule has 0 aliphatic rings. The third-order valence-corrected chi connectivity index (χ3v) is 3.80. The molecule has 0 saturated carbocycles. The van der Waals surface area contributed by atoms with Gasteiger partial charge in [-0.05, 0) is 54.8 Å². The number of aromatic nitrogens is 1. The van der Waals surface area contributed by atoms with Crippen LogP contribution in [0.25, 0.3) is 0 Å². The van der Waals surface area contributed by atoms with E-state index in [9.17, 15) is 4.79 Å². The van der Waals surface area contributed by atoms with Gasteiger partial charge in [-0.15, -0.1) is 0 Å². The average Bonchev–Trinajstić information content (AvgIpc) is 2.60. The lowest BCUT2D eigenvalue weighted by Gasteiger charge is -2.10. The fraction of sp³-hybridized carbons (Fsp3) is 0.143. The van der Waals surface area contributed by atoms with Crippen LogP contribution in [0.5, 0.6) is 0 Å². The van der Waals surface area contributed by atoms with Crippen LogP contribution in [0.1, 0.15) is 27.2 Å². The third kappa shape index (κ3) is 4.67. The molecule has 0 saturated heterocycles. The van der Waals surface area contributed by atoms with E-state index in [0.717, 1.165) is 16.9 Å². The number of aryl methyl sites for hydroxylation is 2. The molecule has 3 rings (SSSR count). The van der Waals surface area contributed by atoms with Crippen molar-refractivity contribution in [1.82, 2.24) is 10.3 Å². The lowest BCUT2D eigenvalue weighted by atomic mass is 10.1. The van der Waals surface area contributed by atoms with Crippen LogP contribution >= 0.6 is 0 Å². The molecule has 2 N–H and O–H groups in total. The fourth-order valence-electron chi connectivity index (χ4n) is 2.71. The Morgan fingerprint density at radius 2 is 1.64 bits per heavy atom. The SMILES string of the molecule is Cc1cc(C)cc(Nc2ccnc(C(=O)NCc3ccccc3)c2)c1. The molecule has 0 fully saturated rings. The maximum absolute atomic E-state index is 12.3. The summed E-state index contributed by atoms with van der Waals surface area (Å²) in [6, 6.07) is 19.7. The summed E-state index contributed by atoms with van der Waals surface area (Å²) in [5.41, 5.74) is 5.67. The van der Waals surface area contributed by atoms with Crippen LogP contribution in [0.3, 0.4) is 0 Å². The van der Waals surface area contributed by atoms with Crippen LogP contribution in [0.2, 0.25) is 0 Å². The predicted octanol–water partition coefficient (Wildman–Crippen LogP) is 4.37. The first kappa shape index (κ1) is 16.7. The van der Waals surface area contributed by atoms with E-state index < -0.39 is 0 Å². The Kier molecular flexibility index (Phi) is 5.09. The quantitative estimate of drug-likeness (QED) is 0.730. The van der Waals surface area contributed by atoms with Gasteiger partial charge in [0, 0.05) is 24.1 Å². The summed E-state index contributed by atoms with van der Waals surface area (Å²) < 4.78 is 0. The lowest BCUT2D eigenvalue weighted by Crippen LogP contribution is -2.23. The number of pyridine rings is 1. The number of carbonyl (C=O) groups is 1. The van der Waals surface area contributed by atoms with E-state index in [1.54, 1.807) is 12.3 Å². The Morgan fingerprint density at radius 1 is 0.920 bits per heavy atom. The summed E-state index contributed by atoms with van der Waals surface area (Å²) in [7, 11) is 0. The molecule has 1 heterocycles. The van der Waals surface area contributed by atoms with Gasteiger partial charge in [0.2, 0.25) is 0 Å². The van der Waals surface area contributed by atoms with E-state index in [2.05, 4.69) is 47.7 Å². The highest BCUT2D eigenvalue weighted by Gasteiger charge is 2.08. The summed E-state index contributed by atoms with van der Waals surface area (Å²) >= 11 is 0. The summed E-state index contributed by atoms with van der Waals surface area (Å²) in [5, 5.41) is 6.23. The van der Waals surface area contributed by atoms with Crippen molar-refractivity contribution in [3.63, 3.8) is 0 Å². The molecule has 0 atom stereocenters. The van der Waals surface area contributed by atoms with Crippen molar-refractivity contribution >= 4 is 17.3 Å². The van der Waals surface area contributed by atoms with Gasteiger partial charge in [-0.25, -0.2) is 0 Å². The first-order valence-electron chi connectivity index (χ1n) is 8.24. The molecule has 0 aliphatic heterocycles. The zero-order valence-corrected chi connectivity index (χ0v) is 14.4. The molecule has 3 aromatic rings. The Balaban J connectivity index is 1.69. The van der Waals surface area contributed by atoms with E-state index in [-0.39, 0.29) is 5.91 Å². The van der Waals surface area contributed by atoms with Crippen molar-refractivity contribution in [2.24, 2.45) is 0 Å². The zero-order valence-electron chi connectivity index (χ0n) is 14.4. The Bertz CT molecular complexity index is 855. The van der Waals surface area contributed by atoms with E-state index in [0.29, 0.717) is 12.2 Å². The van der Waals surface area contributed by atoms with Gasteiger partial charge in [-0.1, -0.05) is 36.4 Å². The van der Waals surface area contributed by atoms with Gasteiger partial charge in [0.05, 0.1) is 0 Å². The van der Waals surface area contributed by atoms with E-state index in [1.807, 2.05) is 36.4 Å². The van der Waals surface area contributed by atoms with Crippen molar-refractivity contribution in [2.45, 2.75) is 20.4 Å². The fourth-order valence-corrected chi connectivity index (χ4v) is 2.71. The molecule has 25 heavy (non-hydrogen) atoms. The topological polar surface area (TPSA) is 54.0 Å². The molecule has 0 bridgehead atoms. The molecule has 1 amide bonds. The molecule has 4 nitrogen and oxygen atoms in total. The number of hydrogen-bond acceptors (Lipinski definition) is 3. The highest BCUT2D eigenvalue weighted by Crippen LogP contribution is 2.19. The smallest absolute Gasteiger partial charge is 0.270 e. The minimum absolute atomic E-state index is 0.187. The van der Waals surface area contributed by atoms with Crippen molar-refractivity contribution in [3.05, 3.63) is 89.2 Å². The summed E-state index contributed by atoms with van der Waals surface area (Å²) in [4.78, 5) is 16.5. The van der Waals surface area contributed by atoms with Crippen molar-refractivity contribution in [1.29, 1.82) is 0 Å². The normalized spacial score (nSPS) is 10.3. The van der Waals surface area contributed by atoms with Crippen molar-refractivity contribution < 1.29 is 4.79 Å². The number of anilines is 2. The highest BCUT2D eigenvalue weighted by molar-refractivity contribution is 5.93. The van der Waals surface area contributed by atoms with Crippen LogP contribution in [0, 0.1) is 13.8 Å². The molecule has 0 unspecified atom stereocenters. The van der Waals surface area contributed by atoms with Crippen molar-refractivity contribution in [3.8, 4) is 0 Å². The summed E-state index contributed by atoms with van der Waals surface area (Å²) in [6.45, 7) is 4.61. The molecule has 0 aliphatic carbocycles. The maximum Gasteiger partial charge on any atom is 0.270 e. The first-order valence-corrected chi connectivity index (χ1v) is 8.24. The van der Waals surface area contributed by atoms with Gasteiger partial charge in [-0.3, -0.25) is 9.78 Å². The first-order chi connectivity index (χ1) is 12.1. The van der Waals surface area contributed by atoms with E-state index in [1.165, 1.54) is 11.1 Å². The number of carbonyl (C=O) groups excluding carboxylic acids is 1. The van der Waals surface area contributed by atoms with Gasteiger partial charge in [0.1, 0.15) is 5.69 Å². The van der Waals surface area contributed by atoms with Gasteiger partial charge >= 0.3 is 0 Å². The number of nitrogens with zero attached hydrogens (tertiary/aromatic N) is 1. The van der Waals surface area contributed by atoms with Gasteiger partial charge in [0.15, 0.2) is 0 Å². The molecule has 126 valence electrons. The Morgan fingerprint density at radius 3 is 2.36 bits per heavy atom. The number of amides is 1. The number of nitrogens with one attached hydrogen (secondary N) is 2. The van der Waals surface area contributed by atoms with Crippen LogP contribution < -0.4 is 10.6 Å². The van der Waals surface area contributed by atoms with Crippen molar-refractivity contribution in [2.75, 3.05) is 5.32 Å². The summed E-state index contributed by atoms with van der Waals surface area (Å²) in [6.07, 6.45) is 1.64. The second kappa shape index (κ2) is 7.62. The molecule has 4 heteroatoms. The molecule has 0 spiro atoms. The Labute approximate surface area is 147 Å². The minimum atomic E-state index is -0.187. The minimum Gasteiger partial charge on any atom is -0.355 e.